The molecule has 5 heteroatoms. The maximum atomic E-state index is 5.61. The Kier molecular flexibility index (Phi) is 1.63. The maximum Gasteiger partial charge on any atom is 0.247 e. The van der Waals surface area contributed by atoms with Crippen LogP contribution in [-0.2, 0) is 0 Å². The second-order valence-corrected chi connectivity index (χ2v) is 2.59. The van der Waals surface area contributed by atoms with Crippen LogP contribution >= 0.6 is 0 Å². The summed E-state index contributed by atoms with van der Waals surface area (Å²) in [5.74, 6) is 0.437. The van der Waals surface area contributed by atoms with Crippen molar-refractivity contribution in [3.8, 4) is 11.5 Å². The minimum Gasteiger partial charge on any atom is -0.423 e. The average molecular weight is 176 g/mol. The number of rotatable bonds is 1. The number of nitrogens with two attached hydrogens (primary N) is 2. The summed E-state index contributed by atoms with van der Waals surface area (Å²) in [6.07, 6.45) is 1.27. The SMILES string of the molecule is Nc1ccc(-c2nnco2)cc1N. The Hall–Kier alpha value is -2.04. The molecule has 0 fully saturated rings. The Morgan fingerprint density at radius 1 is 1.15 bits per heavy atom. The molecule has 0 spiro atoms. The highest BCUT2D eigenvalue weighted by atomic mass is 16.4. The molecular weight excluding hydrogens is 168 g/mol. The first-order valence-corrected chi connectivity index (χ1v) is 3.69. The van der Waals surface area contributed by atoms with E-state index in [0.29, 0.717) is 17.3 Å². The highest BCUT2D eigenvalue weighted by molar-refractivity contribution is 5.70. The lowest BCUT2D eigenvalue weighted by molar-refractivity contribution is 0.568. The first kappa shape index (κ1) is 7.60. The molecule has 0 aliphatic carbocycles. The first-order chi connectivity index (χ1) is 6.27. The van der Waals surface area contributed by atoms with Crippen LogP contribution in [0.1, 0.15) is 0 Å². The second kappa shape index (κ2) is 2.78. The normalized spacial score (nSPS) is 10.2. The van der Waals surface area contributed by atoms with Crippen molar-refractivity contribution in [1.82, 2.24) is 10.2 Å². The molecule has 0 amide bonds. The van der Waals surface area contributed by atoms with Crippen LogP contribution < -0.4 is 11.5 Å². The van der Waals surface area contributed by atoms with E-state index in [0.717, 1.165) is 5.56 Å². The molecule has 0 atom stereocenters. The van der Waals surface area contributed by atoms with Crippen LogP contribution in [0.5, 0.6) is 0 Å². The molecule has 13 heavy (non-hydrogen) atoms. The van der Waals surface area contributed by atoms with Crippen molar-refractivity contribution >= 4 is 11.4 Å². The van der Waals surface area contributed by atoms with E-state index in [2.05, 4.69) is 10.2 Å². The molecule has 0 saturated heterocycles. The second-order valence-electron chi connectivity index (χ2n) is 2.59. The maximum absolute atomic E-state index is 5.61. The zero-order chi connectivity index (χ0) is 9.26. The van der Waals surface area contributed by atoms with Crippen molar-refractivity contribution in [2.24, 2.45) is 0 Å². The predicted octanol–water partition coefficient (Wildman–Crippen LogP) is 0.901. The largest absolute Gasteiger partial charge is 0.423 e. The number of hydrogen-bond acceptors (Lipinski definition) is 5. The van der Waals surface area contributed by atoms with Gasteiger partial charge in [0.2, 0.25) is 12.3 Å². The Labute approximate surface area is 74.4 Å². The van der Waals surface area contributed by atoms with Gasteiger partial charge in [-0.15, -0.1) is 10.2 Å². The standard InChI is InChI=1S/C8H8N4O/c9-6-2-1-5(3-7(6)10)8-12-11-4-13-8/h1-4H,9-10H2. The molecule has 0 aliphatic heterocycles. The van der Waals surface area contributed by atoms with E-state index in [1.165, 1.54) is 6.39 Å². The first-order valence-electron chi connectivity index (χ1n) is 3.69. The van der Waals surface area contributed by atoms with Crippen LogP contribution in [0.2, 0.25) is 0 Å². The molecule has 4 N–H and O–H groups in total. The fourth-order valence-electron chi connectivity index (χ4n) is 1.01. The summed E-state index contributed by atoms with van der Waals surface area (Å²) in [6, 6.07) is 5.18. The van der Waals surface area contributed by atoms with E-state index in [-0.39, 0.29) is 0 Å². The van der Waals surface area contributed by atoms with Gasteiger partial charge in [0.1, 0.15) is 0 Å². The van der Waals surface area contributed by atoms with E-state index < -0.39 is 0 Å². The van der Waals surface area contributed by atoms with Crippen molar-refractivity contribution in [3.63, 3.8) is 0 Å². The summed E-state index contributed by atoms with van der Waals surface area (Å²) in [6.45, 7) is 0. The van der Waals surface area contributed by atoms with Gasteiger partial charge in [0, 0.05) is 5.56 Å². The van der Waals surface area contributed by atoms with Gasteiger partial charge >= 0.3 is 0 Å². The van der Waals surface area contributed by atoms with Crippen LogP contribution in [0.4, 0.5) is 11.4 Å². The van der Waals surface area contributed by atoms with Gasteiger partial charge in [-0.2, -0.15) is 0 Å². The topological polar surface area (TPSA) is 91.0 Å². The molecule has 0 saturated carbocycles. The zero-order valence-corrected chi connectivity index (χ0v) is 6.77. The Morgan fingerprint density at radius 2 is 2.00 bits per heavy atom. The van der Waals surface area contributed by atoms with Crippen molar-refractivity contribution in [3.05, 3.63) is 24.6 Å². The summed E-state index contributed by atoms with van der Waals surface area (Å²) < 4.78 is 5.00. The number of nitrogen functional groups attached to an aromatic ring is 2. The van der Waals surface area contributed by atoms with E-state index in [4.69, 9.17) is 15.9 Å². The van der Waals surface area contributed by atoms with Crippen molar-refractivity contribution in [1.29, 1.82) is 0 Å². The van der Waals surface area contributed by atoms with Gasteiger partial charge in [-0.05, 0) is 18.2 Å². The molecule has 0 unspecified atom stereocenters. The van der Waals surface area contributed by atoms with Gasteiger partial charge in [0.05, 0.1) is 11.4 Å². The molecule has 2 aromatic rings. The van der Waals surface area contributed by atoms with E-state index in [9.17, 15) is 0 Å². The zero-order valence-electron chi connectivity index (χ0n) is 6.77. The number of anilines is 2. The van der Waals surface area contributed by atoms with Crippen LogP contribution in [-0.4, -0.2) is 10.2 Å². The minimum absolute atomic E-state index is 0.437. The molecule has 2 rings (SSSR count). The highest BCUT2D eigenvalue weighted by Gasteiger charge is 2.04. The summed E-state index contributed by atoms with van der Waals surface area (Å²) in [5, 5.41) is 7.31. The van der Waals surface area contributed by atoms with Crippen LogP contribution in [0.3, 0.4) is 0 Å². The molecule has 1 aromatic carbocycles. The van der Waals surface area contributed by atoms with Gasteiger partial charge in [-0.1, -0.05) is 0 Å². The van der Waals surface area contributed by atoms with Gasteiger partial charge < -0.3 is 15.9 Å². The smallest absolute Gasteiger partial charge is 0.247 e. The summed E-state index contributed by atoms with van der Waals surface area (Å²) >= 11 is 0. The van der Waals surface area contributed by atoms with Gasteiger partial charge in [0.15, 0.2) is 0 Å². The van der Waals surface area contributed by atoms with Crippen molar-refractivity contribution < 1.29 is 4.42 Å². The lowest BCUT2D eigenvalue weighted by Crippen LogP contribution is -1.94. The molecule has 66 valence electrons. The fraction of sp³-hybridized carbons (Fsp3) is 0. The molecule has 5 nitrogen and oxygen atoms in total. The number of benzene rings is 1. The Bertz CT molecular complexity index is 410. The third kappa shape index (κ3) is 1.31. The predicted molar refractivity (Wildman–Crippen MR) is 48.6 cm³/mol. The highest BCUT2D eigenvalue weighted by Crippen LogP contribution is 2.22. The molecular formula is C8H8N4O. The third-order valence-electron chi connectivity index (χ3n) is 1.69. The lowest BCUT2D eigenvalue weighted by atomic mass is 10.2. The van der Waals surface area contributed by atoms with E-state index in [1.54, 1.807) is 18.2 Å². The van der Waals surface area contributed by atoms with E-state index in [1.807, 2.05) is 0 Å². The van der Waals surface area contributed by atoms with Gasteiger partial charge in [0.25, 0.3) is 0 Å². The number of hydrogen-bond donors (Lipinski definition) is 2. The molecule has 1 aromatic heterocycles. The summed E-state index contributed by atoms with van der Waals surface area (Å²) in [7, 11) is 0. The fourth-order valence-corrected chi connectivity index (χ4v) is 1.01. The molecule has 0 aliphatic rings. The number of aromatic nitrogens is 2. The van der Waals surface area contributed by atoms with Crippen LogP contribution in [0, 0.1) is 0 Å². The van der Waals surface area contributed by atoms with E-state index >= 15 is 0 Å². The van der Waals surface area contributed by atoms with Crippen LogP contribution in [0.25, 0.3) is 11.5 Å². The van der Waals surface area contributed by atoms with Gasteiger partial charge in [-0.3, -0.25) is 0 Å². The van der Waals surface area contributed by atoms with Crippen molar-refractivity contribution in [2.75, 3.05) is 11.5 Å². The average Bonchev–Trinajstić information content (AvgIpc) is 2.62. The lowest BCUT2D eigenvalue weighted by Gasteiger charge is -2.00. The Balaban J connectivity index is 2.49. The van der Waals surface area contributed by atoms with Crippen LogP contribution in [0.15, 0.2) is 29.0 Å². The summed E-state index contributed by atoms with van der Waals surface area (Å²) in [4.78, 5) is 0. The molecule has 1 heterocycles. The van der Waals surface area contributed by atoms with Crippen molar-refractivity contribution in [2.45, 2.75) is 0 Å². The molecule has 0 bridgehead atoms. The summed E-state index contributed by atoms with van der Waals surface area (Å²) in [5.41, 5.74) is 13.0. The third-order valence-corrected chi connectivity index (χ3v) is 1.69. The molecule has 0 radical (unpaired) electrons. The Morgan fingerprint density at radius 3 is 2.62 bits per heavy atom. The monoisotopic (exact) mass is 176 g/mol. The minimum atomic E-state index is 0.437. The quantitative estimate of drug-likeness (QED) is 0.630. The van der Waals surface area contributed by atoms with Gasteiger partial charge in [-0.25, -0.2) is 0 Å². The number of nitrogens with zero attached hydrogens (tertiary/aromatic N) is 2.